The van der Waals surface area contributed by atoms with Gasteiger partial charge in [-0.2, -0.15) is 0 Å². The van der Waals surface area contributed by atoms with Crippen molar-refractivity contribution in [2.75, 3.05) is 40.9 Å². The third kappa shape index (κ3) is 4.39. The summed E-state index contributed by atoms with van der Waals surface area (Å²) in [6.07, 6.45) is 2.23. The van der Waals surface area contributed by atoms with Gasteiger partial charge in [0.25, 0.3) is 6.47 Å². The number of hydrogen-bond acceptors (Lipinski definition) is 5. The lowest BCUT2D eigenvalue weighted by molar-refractivity contribution is -0.143. The van der Waals surface area contributed by atoms with Gasteiger partial charge in [-0.05, 0) is 33.4 Å². The van der Waals surface area contributed by atoms with Gasteiger partial charge in [-0.25, -0.2) is 0 Å². The van der Waals surface area contributed by atoms with Crippen LogP contribution in [0.1, 0.15) is 19.3 Å². The van der Waals surface area contributed by atoms with Gasteiger partial charge < -0.3 is 24.7 Å². The summed E-state index contributed by atoms with van der Waals surface area (Å²) in [5, 5.41) is 17.0. The zero-order chi connectivity index (χ0) is 16.0. The van der Waals surface area contributed by atoms with E-state index in [0.717, 1.165) is 25.8 Å². The Hall–Kier alpha value is -1.18. The molecule has 2 N–H and O–H groups in total. The van der Waals surface area contributed by atoms with Gasteiger partial charge in [0.2, 0.25) is 5.91 Å². The molecule has 2 rings (SSSR count). The minimum atomic E-state index is -0.448. The molecule has 7 heteroatoms. The van der Waals surface area contributed by atoms with Gasteiger partial charge in [-0.1, -0.05) is 0 Å². The zero-order valence-electron chi connectivity index (χ0n) is 13.0. The molecule has 2 fully saturated rings. The van der Waals surface area contributed by atoms with E-state index in [4.69, 9.17) is 14.6 Å². The number of likely N-dealkylation sites (N-methyl/N-ethyl adjacent to an activating group) is 1. The molecule has 21 heavy (non-hydrogen) atoms. The number of amides is 1. The van der Waals surface area contributed by atoms with E-state index in [1.54, 1.807) is 7.11 Å². The molecule has 0 radical (unpaired) electrons. The van der Waals surface area contributed by atoms with E-state index in [0.29, 0.717) is 13.2 Å². The second kappa shape index (κ2) is 7.72. The summed E-state index contributed by atoms with van der Waals surface area (Å²) in [6.45, 7) is 1.45. The first-order chi connectivity index (χ1) is 9.91. The summed E-state index contributed by atoms with van der Waals surface area (Å²) in [5.41, 5.74) is -0.278. The maximum atomic E-state index is 12.4. The molecular formula is C14H26N2O5. The van der Waals surface area contributed by atoms with Crippen LogP contribution >= 0.6 is 0 Å². The molecule has 1 heterocycles. The summed E-state index contributed by atoms with van der Waals surface area (Å²) in [4.78, 5) is 24.6. The van der Waals surface area contributed by atoms with Crippen LogP contribution in [0.5, 0.6) is 0 Å². The Bertz CT molecular complexity index is 357. The molecule has 0 aromatic heterocycles. The van der Waals surface area contributed by atoms with Gasteiger partial charge in [-0.3, -0.25) is 9.59 Å². The van der Waals surface area contributed by atoms with Crippen LogP contribution in [0.25, 0.3) is 0 Å². The van der Waals surface area contributed by atoms with Crippen molar-refractivity contribution in [2.24, 2.45) is 5.41 Å². The van der Waals surface area contributed by atoms with Gasteiger partial charge in [0.15, 0.2) is 0 Å². The minimum Gasteiger partial charge on any atom is -0.483 e. The van der Waals surface area contributed by atoms with Crippen molar-refractivity contribution in [3.05, 3.63) is 0 Å². The number of rotatable bonds is 4. The molecule has 0 spiro atoms. The van der Waals surface area contributed by atoms with Crippen molar-refractivity contribution < 1.29 is 24.5 Å². The number of nitrogens with zero attached hydrogens (tertiary/aromatic N) is 2. The lowest BCUT2D eigenvalue weighted by Crippen LogP contribution is -2.55. The van der Waals surface area contributed by atoms with Crippen molar-refractivity contribution in [2.45, 2.75) is 31.4 Å². The van der Waals surface area contributed by atoms with Crippen molar-refractivity contribution >= 4 is 12.4 Å². The molecule has 122 valence electrons. The Kier molecular flexibility index (Phi) is 6.57. The average molecular weight is 302 g/mol. The van der Waals surface area contributed by atoms with E-state index >= 15 is 0 Å². The van der Waals surface area contributed by atoms with Crippen LogP contribution in [0.2, 0.25) is 0 Å². The topological polar surface area (TPSA) is 90.3 Å². The third-order valence-electron chi connectivity index (χ3n) is 4.22. The second-order valence-electron chi connectivity index (χ2n) is 5.96. The largest absolute Gasteiger partial charge is 0.483 e. The number of ether oxygens (including phenoxy) is 1. The number of piperidine rings is 1. The summed E-state index contributed by atoms with van der Waals surface area (Å²) in [6, 6.07) is 0.159. The lowest BCUT2D eigenvalue weighted by Gasteiger charge is -2.40. The molecule has 1 saturated carbocycles. The number of likely N-dealkylation sites (tertiary alicyclic amines) is 1. The highest BCUT2D eigenvalue weighted by Crippen LogP contribution is 2.47. The number of methoxy groups -OCH3 is 1. The van der Waals surface area contributed by atoms with Gasteiger partial charge in [0.1, 0.15) is 0 Å². The second-order valence-corrected chi connectivity index (χ2v) is 5.96. The summed E-state index contributed by atoms with van der Waals surface area (Å²) >= 11 is 0. The molecule has 1 aliphatic heterocycles. The molecule has 0 aromatic rings. The summed E-state index contributed by atoms with van der Waals surface area (Å²) < 4.78 is 5.15. The quantitative estimate of drug-likeness (QED) is 0.689. The van der Waals surface area contributed by atoms with Gasteiger partial charge in [0.05, 0.1) is 18.1 Å². The van der Waals surface area contributed by atoms with Crippen LogP contribution in [0.4, 0.5) is 0 Å². The maximum absolute atomic E-state index is 12.4. The lowest BCUT2D eigenvalue weighted by atomic mass is 9.98. The van der Waals surface area contributed by atoms with Crippen molar-refractivity contribution in [1.29, 1.82) is 0 Å². The van der Waals surface area contributed by atoms with Crippen LogP contribution in [0.15, 0.2) is 0 Å². The Morgan fingerprint density at radius 2 is 2.05 bits per heavy atom. The Balaban J connectivity index is 0.000000677. The number of hydrogen-bond donors (Lipinski definition) is 2. The molecule has 0 bridgehead atoms. The highest BCUT2D eigenvalue weighted by Gasteiger charge is 2.52. The van der Waals surface area contributed by atoms with Crippen LogP contribution in [0, 0.1) is 5.41 Å². The summed E-state index contributed by atoms with van der Waals surface area (Å²) in [7, 11) is 5.58. The predicted molar refractivity (Wildman–Crippen MR) is 76.9 cm³/mol. The zero-order valence-corrected chi connectivity index (χ0v) is 13.0. The number of aliphatic hydroxyl groups excluding tert-OH is 1. The molecule has 1 amide bonds. The molecule has 2 aliphatic rings. The fraction of sp³-hybridized carbons (Fsp3) is 0.857. The number of carboxylic acid groups (broad SMARTS) is 1. The average Bonchev–Trinajstić information content (AvgIpc) is 3.19. The number of β-amino-alcohol motifs (C(OH)–C–C–N with tert-alkyl or cyclic N) is 1. The van der Waals surface area contributed by atoms with Gasteiger partial charge >= 0.3 is 0 Å². The molecule has 0 aromatic carbocycles. The highest BCUT2D eigenvalue weighted by atomic mass is 16.5. The molecule has 0 unspecified atom stereocenters. The monoisotopic (exact) mass is 302 g/mol. The Morgan fingerprint density at radius 3 is 2.43 bits per heavy atom. The fourth-order valence-corrected chi connectivity index (χ4v) is 2.89. The van der Waals surface area contributed by atoms with E-state index in [1.807, 2.05) is 23.9 Å². The third-order valence-corrected chi connectivity index (χ3v) is 4.22. The van der Waals surface area contributed by atoms with E-state index < -0.39 is 6.10 Å². The van der Waals surface area contributed by atoms with Gasteiger partial charge in [-0.15, -0.1) is 0 Å². The standard InChI is InChI=1S/C13H24N2O3.CH2O2/c1-14(2)10-4-7-15(8-11(10)16)12(17)13(5-6-13)9-18-3;2-1-3/h10-11,16H,4-9H2,1-3H3;1H,(H,2,3)/t10-,11-;/m0./s1. The summed E-state index contributed by atoms with van der Waals surface area (Å²) in [5.74, 6) is 0.167. The van der Waals surface area contributed by atoms with Crippen LogP contribution in [-0.4, -0.2) is 85.4 Å². The Morgan fingerprint density at radius 1 is 1.48 bits per heavy atom. The van der Waals surface area contributed by atoms with Crippen LogP contribution < -0.4 is 0 Å². The van der Waals surface area contributed by atoms with E-state index in [-0.39, 0.29) is 23.8 Å². The molecule has 7 nitrogen and oxygen atoms in total. The van der Waals surface area contributed by atoms with E-state index in [1.165, 1.54) is 0 Å². The molecule has 1 aliphatic carbocycles. The number of aliphatic hydroxyl groups is 1. The smallest absolute Gasteiger partial charge is 0.290 e. The molecule has 2 atom stereocenters. The van der Waals surface area contributed by atoms with E-state index in [9.17, 15) is 9.90 Å². The first kappa shape index (κ1) is 17.9. The highest BCUT2D eigenvalue weighted by molar-refractivity contribution is 5.85. The minimum absolute atomic E-state index is 0.159. The number of carbonyl (C=O) groups excluding carboxylic acids is 1. The van der Waals surface area contributed by atoms with Crippen LogP contribution in [-0.2, 0) is 14.3 Å². The van der Waals surface area contributed by atoms with Gasteiger partial charge in [0, 0.05) is 26.2 Å². The number of carbonyl (C=O) groups is 2. The Labute approximate surface area is 125 Å². The van der Waals surface area contributed by atoms with Crippen molar-refractivity contribution in [3.63, 3.8) is 0 Å². The predicted octanol–water partition coefficient (Wildman–Crippen LogP) is -0.363. The maximum Gasteiger partial charge on any atom is 0.290 e. The first-order valence-corrected chi connectivity index (χ1v) is 7.12. The normalized spacial score (nSPS) is 26.8. The SMILES string of the molecule is COCC1(C(=O)N2CC[C@H](N(C)C)[C@@H](O)C2)CC1.O=CO. The molecular weight excluding hydrogens is 276 g/mol. The first-order valence-electron chi connectivity index (χ1n) is 7.12. The van der Waals surface area contributed by atoms with E-state index in [2.05, 4.69) is 0 Å². The van der Waals surface area contributed by atoms with Crippen molar-refractivity contribution in [1.82, 2.24) is 9.80 Å². The fourth-order valence-electron chi connectivity index (χ4n) is 2.89. The molecule has 1 saturated heterocycles. The van der Waals surface area contributed by atoms with Crippen LogP contribution in [0.3, 0.4) is 0 Å². The van der Waals surface area contributed by atoms with Crippen molar-refractivity contribution in [3.8, 4) is 0 Å².